The van der Waals surface area contributed by atoms with Gasteiger partial charge in [0.05, 0.1) is 28.8 Å². The molecule has 0 spiro atoms. The van der Waals surface area contributed by atoms with Gasteiger partial charge in [0, 0.05) is 21.8 Å². The largest absolute Gasteiger partial charge is 0.481 e. The highest BCUT2D eigenvalue weighted by Gasteiger charge is 2.24. The first-order valence-electron chi connectivity index (χ1n) is 9.43. The Bertz CT molecular complexity index is 1110. The molecule has 0 radical (unpaired) electrons. The average molecular weight is 495 g/mol. The van der Waals surface area contributed by atoms with Crippen LogP contribution in [0.1, 0.15) is 29.9 Å². The Balaban J connectivity index is 2.18. The van der Waals surface area contributed by atoms with Crippen LogP contribution in [0.2, 0.25) is 5.02 Å². The summed E-state index contributed by atoms with van der Waals surface area (Å²) in [7, 11) is 0. The number of carbonyl (C=O) groups is 2. The molecule has 1 heterocycles. The molecule has 0 atom stereocenters. The Labute approximate surface area is 187 Å². The van der Waals surface area contributed by atoms with Crippen molar-refractivity contribution in [3.8, 4) is 11.4 Å². The highest BCUT2D eigenvalue weighted by Crippen LogP contribution is 2.37. The molecule has 0 aliphatic carbocycles. The first-order valence-corrected chi connectivity index (χ1v) is 10.6. The second kappa shape index (κ2) is 9.53. The Morgan fingerprint density at radius 1 is 1.10 bits per heavy atom. The summed E-state index contributed by atoms with van der Waals surface area (Å²) in [6.07, 6.45) is 0. The van der Waals surface area contributed by atoms with E-state index in [2.05, 4.69) is 15.9 Å². The van der Waals surface area contributed by atoms with E-state index in [9.17, 15) is 9.59 Å². The van der Waals surface area contributed by atoms with Crippen molar-refractivity contribution in [1.82, 2.24) is 4.57 Å². The molecule has 0 amide bonds. The second-order valence-corrected chi connectivity index (χ2v) is 7.68. The molecule has 0 aliphatic rings. The average Bonchev–Trinajstić information content (AvgIpc) is 2.97. The lowest BCUT2D eigenvalue weighted by molar-refractivity contribution is -0.145. The van der Waals surface area contributed by atoms with E-state index in [4.69, 9.17) is 25.8 Å². The van der Waals surface area contributed by atoms with Gasteiger partial charge < -0.3 is 18.8 Å². The van der Waals surface area contributed by atoms with Crippen LogP contribution in [0.5, 0.6) is 5.75 Å². The van der Waals surface area contributed by atoms with Gasteiger partial charge in [0.2, 0.25) is 0 Å². The predicted molar refractivity (Wildman–Crippen MR) is 119 cm³/mol. The lowest BCUT2D eigenvalue weighted by atomic mass is 10.1. The van der Waals surface area contributed by atoms with Crippen molar-refractivity contribution in [2.24, 2.45) is 0 Å². The molecule has 0 fully saturated rings. The van der Waals surface area contributed by atoms with Crippen molar-refractivity contribution in [2.75, 3.05) is 19.8 Å². The molecule has 0 bridgehead atoms. The van der Waals surface area contributed by atoms with Crippen LogP contribution in [0.3, 0.4) is 0 Å². The van der Waals surface area contributed by atoms with E-state index in [1.165, 1.54) is 0 Å². The Kier molecular flexibility index (Phi) is 7.05. The van der Waals surface area contributed by atoms with Crippen molar-refractivity contribution >= 4 is 50.4 Å². The molecule has 8 heteroatoms. The first-order chi connectivity index (χ1) is 14.4. The number of rotatable bonds is 7. The quantitative estimate of drug-likeness (QED) is 0.407. The van der Waals surface area contributed by atoms with E-state index >= 15 is 0 Å². The van der Waals surface area contributed by atoms with Crippen LogP contribution in [0, 0.1) is 6.92 Å². The van der Waals surface area contributed by atoms with Gasteiger partial charge >= 0.3 is 11.9 Å². The molecular weight excluding hydrogens is 474 g/mol. The SMILES string of the molecule is CCOC(=O)COc1cc2c(C(=O)OCC)c(C)n(-c3cccc(Cl)c3)c2cc1Br. The number of ether oxygens (including phenoxy) is 3. The molecule has 0 saturated carbocycles. The minimum Gasteiger partial charge on any atom is -0.481 e. The standard InChI is InChI=1S/C22H21BrClNO5/c1-4-28-20(26)12-30-19-10-16-18(11-17(19)23)25(15-8-6-7-14(24)9-15)13(3)21(16)22(27)29-5-2/h6-11H,4-5,12H2,1-3H3. The van der Waals surface area contributed by atoms with Gasteiger partial charge in [-0.15, -0.1) is 0 Å². The fraction of sp³-hybridized carbons (Fsp3) is 0.273. The number of aromatic nitrogens is 1. The smallest absolute Gasteiger partial charge is 0.344 e. The zero-order valence-corrected chi connectivity index (χ0v) is 19.2. The third kappa shape index (κ3) is 4.47. The van der Waals surface area contributed by atoms with Crippen molar-refractivity contribution in [2.45, 2.75) is 20.8 Å². The third-order valence-electron chi connectivity index (χ3n) is 4.45. The first kappa shape index (κ1) is 22.2. The van der Waals surface area contributed by atoms with E-state index in [1.807, 2.05) is 35.8 Å². The van der Waals surface area contributed by atoms with Crippen molar-refractivity contribution in [3.63, 3.8) is 0 Å². The number of hydrogen-bond acceptors (Lipinski definition) is 5. The normalized spacial score (nSPS) is 10.8. The number of esters is 2. The second-order valence-electron chi connectivity index (χ2n) is 6.39. The van der Waals surface area contributed by atoms with Gasteiger partial charge in [-0.25, -0.2) is 9.59 Å². The molecular formula is C22H21BrClNO5. The summed E-state index contributed by atoms with van der Waals surface area (Å²) < 4.78 is 18.4. The van der Waals surface area contributed by atoms with E-state index in [0.717, 1.165) is 11.2 Å². The number of nitrogens with zero attached hydrogens (tertiary/aromatic N) is 1. The molecule has 3 aromatic rings. The van der Waals surface area contributed by atoms with Crippen LogP contribution in [-0.4, -0.2) is 36.3 Å². The maximum atomic E-state index is 12.8. The molecule has 6 nitrogen and oxygen atoms in total. The topological polar surface area (TPSA) is 66.8 Å². The van der Waals surface area contributed by atoms with E-state index in [-0.39, 0.29) is 19.8 Å². The molecule has 0 unspecified atom stereocenters. The number of halogens is 2. The molecule has 30 heavy (non-hydrogen) atoms. The molecule has 0 aliphatic heterocycles. The molecule has 0 N–H and O–H groups in total. The summed E-state index contributed by atoms with van der Waals surface area (Å²) in [5.41, 5.74) is 2.72. The van der Waals surface area contributed by atoms with Crippen LogP contribution in [-0.2, 0) is 14.3 Å². The minimum atomic E-state index is -0.470. The van der Waals surface area contributed by atoms with Crippen LogP contribution < -0.4 is 4.74 Å². The third-order valence-corrected chi connectivity index (χ3v) is 5.31. The fourth-order valence-corrected chi connectivity index (χ4v) is 3.90. The van der Waals surface area contributed by atoms with Crippen LogP contribution in [0.15, 0.2) is 40.9 Å². The molecule has 3 rings (SSSR count). The maximum Gasteiger partial charge on any atom is 0.344 e. The Morgan fingerprint density at radius 2 is 1.83 bits per heavy atom. The summed E-state index contributed by atoms with van der Waals surface area (Å²) >= 11 is 9.69. The Hall–Kier alpha value is -2.51. The lowest BCUT2D eigenvalue weighted by Gasteiger charge is -2.11. The van der Waals surface area contributed by atoms with Crippen molar-refractivity contribution in [1.29, 1.82) is 0 Å². The minimum absolute atomic E-state index is 0.235. The zero-order valence-electron chi connectivity index (χ0n) is 16.8. The molecule has 2 aromatic carbocycles. The van der Waals surface area contributed by atoms with E-state index < -0.39 is 11.9 Å². The Morgan fingerprint density at radius 3 is 2.50 bits per heavy atom. The van der Waals surface area contributed by atoms with E-state index in [1.54, 1.807) is 26.0 Å². The molecule has 158 valence electrons. The summed E-state index contributed by atoms with van der Waals surface area (Å²) in [5.74, 6) is -0.480. The highest BCUT2D eigenvalue weighted by molar-refractivity contribution is 9.10. The summed E-state index contributed by atoms with van der Waals surface area (Å²) in [5, 5.41) is 1.23. The molecule has 1 aromatic heterocycles. The fourth-order valence-electron chi connectivity index (χ4n) is 3.27. The van der Waals surface area contributed by atoms with Crippen LogP contribution >= 0.6 is 27.5 Å². The number of benzene rings is 2. The van der Waals surface area contributed by atoms with Crippen molar-refractivity contribution in [3.05, 3.63) is 57.2 Å². The van der Waals surface area contributed by atoms with Gasteiger partial charge in [-0.2, -0.15) is 0 Å². The highest BCUT2D eigenvalue weighted by atomic mass is 79.9. The number of carbonyl (C=O) groups excluding carboxylic acids is 2. The van der Waals surface area contributed by atoms with Crippen LogP contribution in [0.25, 0.3) is 16.6 Å². The zero-order chi connectivity index (χ0) is 21.8. The summed E-state index contributed by atoms with van der Waals surface area (Å²) in [4.78, 5) is 24.4. The van der Waals surface area contributed by atoms with Gasteiger partial charge in [-0.1, -0.05) is 17.7 Å². The predicted octanol–water partition coefficient (Wildman–Crippen LogP) is 5.47. The van der Waals surface area contributed by atoms with Gasteiger partial charge in [0.25, 0.3) is 0 Å². The lowest BCUT2D eigenvalue weighted by Crippen LogP contribution is -2.14. The number of hydrogen-bond donors (Lipinski definition) is 0. The molecule has 0 saturated heterocycles. The van der Waals surface area contributed by atoms with Crippen molar-refractivity contribution < 1.29 is 23.8 Å². The number of fused-ring (bicyclic) bond motifs is 1. The van der Waals surface area contributed by atoms with Gasteiger partial charge in [-0.3, -0.25) is 0 Å². The van der Waals surface area contributed by atoms with Gasteiger partial charge in [0.15, 0.2) is 6.61 Å². The van der Waals surface area contributed by atoms with E-state index in [0.29, 0.717) is 31.9 Å². The monoisotopic (exact) mass is 493 g/mol. The summed E-state index contributed by atoms with van der Waals surface area (Å²) in [6.45, 7) is 5.63. The summed E-state index contributed by atoms with van der Waals surface area (Å²) in [6, 6.07) is 10.9. The van der Waals surface area contributed by atoms with Gasteiger partial charge in [-0.05, 0) is 67.0 Å². The van der Waals surface area contributed by atoms with Crippen LogP contribution in [0.4, 0.5) is 0 Å². The van der Waals surface area contributed by atoms with Gasteiger partial charge in [0.1, 0.15) is 5.75 Å². The maximum absolute atomic E-state index is 12.8.